The monoisotopic (exact) mass is 474 g/mol. The molecule has 0 spiro atoms. The molecule has 0 unspecified atom stereocenters. The third kappa shape index (κ3) is 3.59. The lowest BCUT2D eigenvalue weighted by atomic mass is 10.00. The Labute approximate surface area is 190 Å². The summed E-state index contributed by atoms with van der Waals surface area (Å²) < 4.78 is 61.4. The quantitative estimate of drug-likeness (QED) is 0.445. The fourth-order valence-electron chi connectivity index (χ4n) is 4.20. The highest BCUT2D eigenvalue weighted by Gasteiger charge is 2.35. The van der Waals surface area contributed by atoms with Gasteiger partial charge in [-0.3, -0.25) is 9.20 Å². The normalized spacial score (nSPS) is 16.4. The molecule has 0 fully saturated rings. The number of nitrogens with zero attached hydrogens (tertiary/aromatic N) is 5. The Morgan fingerprint density at radius 2 is 2.03 bits per heavy atom. The maximum absolute atomic E-state index is 15.0. The molecule has 3 aromatic heterocycles. The standard InChI is InChI=1S/C22H18F4N6O2/c1-31(16-4-5-34-9-15-11(16)2-3-19(29-15)22(24,25)26)21(33)12-6-17-14(7-13(12)23)30-20(27)18-8-28-10-32(17)18/h2-3,6-8,10,16H,4-5,9H2,1H3,(H2,27,30)/t16-/m1/s1. The largest absolute Gasteiger partial charge is 0.433 e. The second-order valence-corrected chi connectivity index (χ2v) is 7.97. The van der Waals surface area contributed by atoms with E-state index in [1.165, 1.54) is 36.6 Å². The number of hydrogen-bond acceptors (Lipinski definition) is 6. The number of nitrogens with two attached hydrogens (primary N) is 1. The van der Waals surface area contributed by atoms with Gasteiger partial charge in [0.05, 0.1) is 47.5 Å². The van der Waals surface area contributed by atoms with Crippen molar-refractivity contribution in [2.75, 3.05) is 19.4 Å². The predicted octanol–water partition coefficient (Wildman–Crippen LogP) is 3.75. The number of imidazole rings is 1. The molecule has 4 heterocycles. The van der Waals surface area contributed by atoms with Gasteiger partial charge in [0.15, 0.2) is 0 Å². The maximum Gasteiger partial charge on any atom is 0.433 e. The van der Waals surface area contributed by atoms with E-state index in [1.807, 2.05) is 0 Å². The molecular formula is C22H18F4N6O2. The average Bonchev–Trinajstić information content (AvgIpc) is 3.19. The molecule has 1 atom stereocenters. The van der Waals surface area contributed by atoms with Gasteiger partial charge in [0.25, 0.3) is 5.91 Å². The zero-order valence-corrected chi connectivity index (χ0v) is 17.8. The van der Waals surface area contributed by atoms with E-state index in [1.54, 1.807) is 4.40 Å². The van der Waals surface area contributed by atoms with Crippen LogP contribution in [0.5, 0.6) is 0 Å². The summed E-state index contributed by atoms with van der Waals surface area (Å²) in [7, 11) is 1.47. The Morgan fingerprint density at radius 3 is 2.79 bits per heavy atom. The zero-order chi connectivity index (χ0) is 24.2. The van der Waals surface area contributed by atoms with Gasteiger partial charge in [-0.25, -0.2) is 19.3 Å². The highest BCUT2D eigenvalue weighted by atomic mass is 19.4. The molecule has 0 radical (unpaired) electrons. The first-order chi connectivity index (χ1) is 16.1. The number of benzene rings is 1. The minimum Gasteiger partial charge on any atom is -0.382 e. The maximum atomic E-state index is 15.0. The second kappa shape index (κ2) is 7.90. The molecule has 0 saturated heterocycles. The van der Waals surface area contributed by atoms with Crippen molar-refractivity contribution in [2.45, 2.75) is 25.2 Å². The molecule has 1 aliphatic rings. The number of amides is 1. The van der Waals surface area contributed by atoms with E-state index in [0.717, 1.165) is 12.1 Å². The van der Waals surface area contributed by atoms with Crippen molar-refractivity contribution in [1.29, 1.82) is 0 Å². The Kier molecular flexibility index (Phi) is 5.12. The molecule has 0 bridgehead atoms. The fraction of sp³-hybridized carbons (Fsp3) is 0.273. The number of anilines is 1. The number of halogens is 4. The Balaban J connectivity index is 1.56. The Bertz CT molecular complexity index is 1430. The lowest BCUT2D eigenvalue weighted by Crippen LogP contribution is -2.32. The van der Waals surface area contributed by atoms with E-state index in [0.29, 0.717) is 23.0 Å². The fourth-order valence-corrected chi connectivity index (χ4v) is 4.20. The third-order valence-electron chi connectivity index (χ3n) is 5.92. The molecule has 4 aromatic rings. The minimum absolute atomic E-state index is 0.0933. The highest BCUT2D eigenvalue weighted by Crippen LogP contribution is 2.34. The molecule has 5 rings (SSSR count). The van der Waals surface area contributed by atoms with Crippen molar-refractivity contribution in [3.63, 3.8) is 0 Å². The molecule has 0 aliphatic carbocycles. The van der Waals surface area contributed by atoms with E-state index < -0.39 is 29.6 Å². The van der Waals surface area contributed by atoms with Gasteiger partial charge in [-0.1, -0.05) is 6.07 Å². The molecule has 0 saturated carbocycles. The molecule has 1 aliphatic heterocycles. The van der Waals surface area contributed by atoms with Crippen LogP contribution in [-0.4, -0.2) is 43.8 Å². The van der Waals surface area contributed by atoms with Crippen LogP contribution in [0.2, 0.25) is 0 Å². The third-order valence-corrected chi connectivity index (χ3v) is 5.92. The van der Waals surface area contributed by atoms with Gasteiger partial charge < -0.3 is 15.4 Å². The van der Waals surface area contributed by atoms with Crippen LogP contribution in [0.1, 0.15) is 39.8 Å². The first-order valence-corrected chi connectivity index (χ1v) is 10.3. The van der Waals surface area contributed by atoms with Crippen molar-refractivity contribution in [3.05, 3.63) is 65.1 Å². The number of fused-ring (bicyclic) bond motifs is 4. The number of rotatable bonds is 2. The lowest BCUT2D eigenvalue weighted by Gasteiger charge is -2.28. The van der Waals surface area contributed by atoms with Crippen molar-refractivity contribution >= 4 is 28.3 Å². The van der Waals surface area contributed by atoms with Crippen LogP contribution in [0.3, 0.4) is 0 Å². The number of aromatic nitrogens is 4. The summed E-state index contributed by atoms with van der Waals surface area (Å²) in [6, 6.07) is 4.00. The van der Waals surface area contributed by atoms with Crippen molar-refractivity contribution in [1.82, 2.24) is 24.3 Å². The summed E-state index contributed by atoms with van der Waals surface area (Å²) in [5.74, 6) is -1.28. The van der Waals surface area contributed by atoms with Crippen LogP contribution in [0, 0.1) is 5.82 Å². The van der Waals surface area contributed by atoms with E-state index in [-0.39, 0.29) is 35.8 Å². The summed E-state index contributed by atoms with van der Waals surface area (Å²) in [5, 5.41) is 0. The summed E-state index contributed by atoms with van der Waals surface area (Å²) in [4.78, 5) is 26.6. The molecule has 1 amide bonds. The summed E-state index contributed by atoms with van der Waals surface area (Å²) in [6.07, 6.45) is -1.32. The number of pyridine rings is 1. The first-order valence-electron chi connectivity index (χ1n) is 10.3. The van der Waals surface area contributed by atoms with Crippen LogP contribution < -0.4 is 5.73 Å². The molecule has 176 valence electrons. The van der Waals surface area contributed by atoms with Crippen LogP contribution in [-0.2, 0) is 17.5 Å². The average molecular weight is 474 g/mol. The number of nitrogen functional groups attached to an aromatic ring is 1. The topological polar surface area (TPSA) is 98.6 Å². The van der Waals surface area contributed by atoms with Gasteiger partial charge in [-0.15, -0.1) is 0 Å². The SMILES string of the molecule is CN(C(=O)c1cc2c(cc1F)nc(N)c1cncn12)[C@@H]1CCOCc2nc(C(F)(F)F)ccc21. The number of carbonyl (C=O) groups is 1. The molecule has 12 heteroatoms. The molecule has 1 aromatic carbocycles. The highest BCUT2D eigenvalue weighted by molar-refractivity contribution is 5.98. The molecular weight excluding hydrogens is 456 g/mol. The smallest absolute Gasteiger partial charge is 0.382 e. The summed E-state index contributed by atoms with van der Waals surface area (Å²) in [5.41, 5.74) is 6.34. The number of carbonyl (C=O) groups excluding carboxylic acids is 1. The second-order valence-electron chi connectivity index (χ2n) is 7.97. The van der Waals surface area contributed by atoms with Gasteiger partial charge >= 0.3 is 6.18 Å². The molecule has 8 nitrogen and oxygen atoms in total. The first kappa shape index (κ1) is 22.0. The molecule has 34 heavy (non-hydrogen) atoms. The van der Waals surface area contributed by atoms with Crippen LogP contribution in [0.4, 0.5) is 23.4 Å². The van der Waals surface area contributed by atoms with Crippen LogP contribution >= 0.6 is 0 Å². The van der Waals surface area contributed by atoms with E-state index >= 15 is 4.39 Å². The molecule has 2 N–H and O–H groups in total. The summed E-state index contributed by atoms with van der Waals surface area (Å²) >= 11 is 0. The van der Waals surface area contributed by atoms with Gasteiger partial charge in [-0.2, -0.15) is 13.2 Å². The van der Waals surface area contributed by atoms with Crippen LogP contribution in [0.15, 0.2) is 36.8 Å². The van der Waals surface area contributed by atoms with Gasteiger partial charge in [-0.05, 0) is 24.1 Å². The summed E-state index contributed by atoms with van der Waals surface area (Å²) in [6.45, 7) is 0.0763. The number of hydrogen-bond donors (Lipinski definition) is 1. The minimum atomic E-state index is -4.61. The van der Waals surface area contributed by atoms with E-state index in [4.69, 9.17) is 10.5 Å². The number of alkyl halides is 3. The Morgan fingerprint density at radius 1 is 1.24 bits per heavy atom. The lowest BCUT2D eigenvalue weighted by molar-refractivity contribution is -0.141. The van der Waals surface area contributed by atoms with Gasteiger partial charge in [0, 0.05) is 19.7 Å². The zero-order valence-electron chi connectivity index (χ0n) is 17.8. The number of ether oxygens (including phenoxy) is 1. The van der Waals surface area contributed by atoms with Crippen LogP contribution in [0.25, 0.3) is 16.6 Å². The van der Waals surface area contributed by atoms with E-state index in [2.05, 4.69) is 15.0 Å². The van der Waals surface area contributed by atoms with Crippen molar-refractivity contribution in [2.24, 2.45) is 0 Å². The van der Waals surface area contributed by atoms with Crippen molar-refractivity contribution in [3.8, 4) is 0 Å². The van der Waals surface area contributed by atoms with E-state index in [9.17, 15) is 18.0 Å². The van der Waals surface area contributed by atoms with Crippen molar-refractivity contribution < 1.29 is 27.1 Å². The van der Waals surface area contributed by atoms with Gasteiger partial charge in [0.2, 0.25) is 0 Å². The Hall–Kier alpha value is -3.80. The van der Waals surface area contributed by atoms with Gasteiger partial charge in [0.1, 0.15) is 22.8 Å². The predicted molar refractivity (Wildman–Crippen MR) is 113 cm³/mol.